The molecule has 0 radical (unpaired) electrons. The fourth-order valence-corrected chi connectivity index (χ4v) is 2.22. The Kier molecular flexibility index (Phi) is 4.93. The molecule has 0 saturated heterocycles. The lowest BCUT2D eigenvalue weighted by atomic mass is 10.0. The third-order valence-electron chi connectivity index (χ3n) is 3.47. The van der Waals surface area contributed by atoms with Gasteiger partial charge in [0.05, 0.1) is 10.5 Å². The Labute approximate surface area is 137 Å². The molecule has 0 spiro atoms. The van der Waals surface area contributed by atoms with Crippen LogP contribution in [-0.4, -0.2) is 31.7 Å². The first-order valence-corrected chi connectivity index (χ1v) is 7.09. The van der Waals surface area contributed by atoms with Gasteiger partial charge in [0.25, 0.3) is 0 Å². The Morgan fingerprint density at radius 2 is 2.04 bits per heavy atom. The molecule has 0 atom stereocenters. The lowest BCUT2D eigenvalue weighted by Crippen LogP contribution is -2.16. The largest absolute Gasteiger partial charge is 0.478 e. The maximum atomic E-state index is 12.0. The Balaban J connectivity index is 2.02. The zero-order valence-electron chi connectivity index (χ0n) is 13.1. The molecule has 0 saturated carbocycles. The Morgan fingerprint density at radius 1 is 1.33 bits per heavy atom. The van der Waals surface area contributed by atoms with Gasteiger partial charge >= 0.3 is 11.7 Å². The normalized spacial score (nSPS) is 10.4. The maximum Gasteiger partial charge on any atom is 0.336 e. The Bertz CT molecular complexity index is 812. The van der Waals surface area contributed by atoms with E-state index in [0.29, 0.717) is 11.3 Å². The summed E-state index contributed by atoms with van der Waals surface area (Å²) in [6, 6.07) is 3.11. The van der Waals surface area contributed by atoms with Gasteiger partial charge in [0.15, 0.2) is 0 Å². The van der Waals surface area contributed by atoms with Crippen LogP contribution < -0.4 is 5.32 Å². The number of nitrogens with one attached hydrogen (secondary N) is 1. The fourth-order valence-electron chi connectivity index (χ4n) is 2.22. The lowest BCUT2D eigenvalue weighted by molar-refractivity contribution is -0.385. The minimum atomic E-state index is -1.06. The van der Waals surface area contributed by atoms with Gasteiger partial charge in [-0.25, -0.2) is 4.79 Å². The van der Waals surface area contributed by atoms with E-state index in [1.807, 2.05) is 0 Å². The van der Waals surface area contributed by atoms with E-state index in [4.69, 9.17) is 5.11 Å². The molecule has 1 aromatic carbocycles. The van der Waals surface area contributed by atoms with Crippen LogP contribution in [0.1, 0.15) is 27.9 Å². The van der Waals surface area contributed by atoms with Crippen LogP contribution in [0.15, 0.2) is 24.5 Å². The second-order valence-electron chi connectivity index (χ2n) is 5.30. The van der Waals surface area contributed by atoms with Crippen LogP contribution in [0, 0.1) is 24.0 Å². The molecule has 24 heavy (non-hydrogen) atoms. The quantitative estimate of drug-likeness (QED) is 0.616. The van der Waals surface area contributed by atoms with Crippen LogP contribution in [0.2, 0.25) is 0 Å². The van der Waals surface area contributed by atoms with Crippen molar-refractivity contribution in [2.24, 2.45) is 0 Å². The molecule has 2 aromatic rings. The summed E-state index contributed by atoms with van der Waals surface area (Å²) in [6.45, 7) is 3.63. The van der Waals surface area contributed by atoms with Crippen molar-refractivity contribution in [1.29, 1.82) is 0 Å². The molecule has 0 fully saturated rings. The zero-order chi connectivity index (χ0) is 17.9. The number of nitro groups is 1. The first-order valence-electron chi connectivity index (χ1n) is 7.09. The molecule has 0 aliphatic rings. The second kappa shape index (κ2) is 6.90. The second-order valence-corrected chi connectivity index (χ2v) is 5.30. The molecular weight excluding hydrogens is 316 g/mol. The topological polar surface area (TPSA) is 127 Å². The first-order chi connectivity index (χ1) is 11.3. The summed E-state index contributed by atoms with van der Waals surface area (Å²) in [5.41, 5.74) is 1.77. The molecule has 126 valence electrons. The molecular formula is C15H16N4O5. The standard InChI is InChI=1S/C15H16N4O5/c1-9-5-10(2)13(6-12(9)15(21)22)17-14(20)3-4-18-8-11(7-16-18)19(23)24/h5-8H,3-4H2,1-2H3,(H,17,20)(H,21,22). The molecule has 1 amide bonds. The SMILES string of the molecule is Cc1cc(C)c(C(=O)O)cc1NC(=O)CCn1cc([N+](=O)[O-])cn1. The average Bonchev–Trinajstić information content (AvgIpc) is 2.96. The molecule has 0 aliphatic carbocycles. The van der Waals surface area contributed by atoms with E-state index in [0.717, 1.165) is 11.8 Å². The fraction of sp³-hybridized carbons (Fsp3) is 0.267. The van der Waals surface area contributed by atoms with E-state index < -0.39 is 10.9 Å². The van der Waals surface area contributed by atoms with Crippen LogP contribution >= 0.6 is 0 Å². The number of anilines is 1. The van der Waals surface area contributed by atoms with Gasteiger partial charge in [0.2, 0.25) is 5.91 Å². The first kappa shape index (κ1) is 17.1. The predicted octanol–water partition coefficient (Wildman–Crippen LogP) is 2.14. The average molecular weight is 332 g/mol. The van der Waals surface area contributed by atoms with E-state index >= 15 is 0 Å². The molecule has 1 heterocycles. The van der Waals surface area contributed by atoms with Gasteiger partial charge < -0.3 is 10.4 Å². The number of hydrogen-bond donors (Lipinski definition) is 2. The molecule has 1 aromatic heterocycles. The van der Waals surface area contributed by atoms with Gasteiger partial charge in [-0.3, -0.25) is 19.6 Å². The van der Waals surface area contributed by atoms with Crippen LogP contribution in [0.25, 0.3) is 0 Å². The van der Waals surface area contributed by atoms with E-state index in [1.165, 1.54) is 16.9 Å². The maximum absolute atomic E-state index is 12.0. The summed E-state index contributed by atoms with van der Waals surface area (Å²) in [5.74, 6) is -1.40. The lowest BCUT2D eigenvalue weighted by Gasteiger charge is -2.11. The number of hydrogen-bond acceptors (Lipinski definition) is 5. The van der Waals surface area contributed by atoms with Crippen molar-refractivity contribution in [2.45, 2.75) is 26.8 Å². The number of carbonyl (C=O) groups excluding carboxylic acids is 1. The number of carboxylic acids is 1. The van der Waals surface area contributed by atoms with E-state index in [9.17, 15) is 19.7 Å². The third kappa shape index (κ3) is 3.94. The van der Waals surface area contributed by atoms with Gasteiger partial charge in [-0.15, -0.1) is 0 Å². The summed E-state index contributed by atoms with van der Waals surface area (Å²) < 4.78 is 1.31. The van der Waals surface area contributed by atoms with Crippen molar-refractivity contribution in [3.8, 4) is 0 Å². The highest BCUT2D eigenvalue weighted by Gasteiger charge is 2.13. The van der Waals surface area contributed by atoms with Crippen molar-refractivity contribution >= 4 is 23.3 Å². The van der Waals surface area contributed by atoms with Gasteiger partial charge in [-0.1, -0.05) is 6.07 Å². The number of aromatic nitrogens is 2. The van der Waals surface area contributed by atoms with E-state index in [2.05, 4.69) is 10.4 Å². The van der Waals surface area contributed by atoms with E-state index in [1.54, 1.807) is 19.9 Å². The monoisotopic (exact) mass is 332 g/mol. The number of aryl methyl sites for hydroxylation is 3. The minimum Gasteiger partial charge on any atom is -0.478 e. The smallest absolute Gasteiger partial charge is 0.336 e. The van der Waals surface area contributed by atoms with Crippen molar-refractivity contribution in [1.82, 2.24) is 9.78 Å². The molecule has 9 nitrogen and oxygen atoms in total. The third-order valence-corrected chi connectivity index (χ3v) is 3.47. The highest BCUT2D eigenvalue weighted by molar-refractivity contribution is 5.95. The number of carbonyl (C=O) groups is 2. The summed E-state index contributed by atoms with van der Waals surface area (Å²) in [7, 11) is 0. The predicted molar refractivity (Wildman–Crippen MR) is 85.0 cm³/mol. The van der Waals surface area contributed by atoms with Gasteiger partial charge in [0, 0.05) is 18.7 Å². The molecule has 2 rings (SSSR count). The molecule has 0 unspecified atom stereocenters. The summed E-state index contributed by atoms with van der Waals surface area (Å²) in [4.78, 5) is 33.2. The van der Waals surface area contributed by atoms with E-state index in [-0.39, 0.29) is 30.1 Å². The van der Waals surface area contributed by atoms with Crippen molar-refractivity contribution in [3.63, 3.8) is 0 Å². The summed E-state index contributed by atoms with van der Waals surface area (Å²) in [5, 5.41) is 26.2. The van der Waals surface area contributed by atoms with Crippen molar-refractivity contribution in [3.05, 3.63) is 51.3 Å². The highest BCUT2D eigenvalue weighted by Crippen LogP contribution is 2.21. The van der Waals surface area contributed by atoms with Crippen molar-refractivity contribution in [2.75, 3.05) is 5.32 Å². The zero-order valence-corrected chi connectivity index (χ0v) is 13.1. The van der Waals surface area contributed by atoms with Gasteiger partial charge in [0.1, 0.15) is 12.4 Å². The summed E-state index contributed by atoms with van der Waals surface area (Å²) in [6.07, 6.45) is 2.41. The van der Waals surface area contributed by atoms with Crippen LogP contribution in [0.3, 0.4) is 0 Å². The molecule has 0 bridgehead atoms. The Morgan fingerprint density at radius 3 is 2.62 bits per heavy atom. The van der Waals surface area contributed by atoms with Gasteiger partial charge in [-0.2, -0.15) is 5.10 Å². The van der Waals surface area contributed by atoms with Gasteiger partial charge in [-0.05, 0) is 31.0 Å². The molecule has 2 N–H and O–H groups in total. The number of rotatable bonds is 6. The minimum absolute atomic E-state index is 0.0502. The summed E-state index contributed by atoms with van der Waals surface area (Å²) >= 11 is 0. The Hall–Kier alpha value is -3.23. The number of aromatic carboxylic acids is 1. The number of amides is 1. The number of nitrogens with zero attached hydrogens (tertiary/aromatic N) is 3. The molecule has 0 aliphatic heterocycles. The molecule has 9 heteroatoms. The highest BCUT2D eigenvalue weighted by atomic mass is 16.6. The number of carboxylic acid groups (broad SMARTS) is 1. The van der Waals surface area contributed by atoms with Crippen LogP contribution in [0.5, 0.6) is 0 Å². The number of benzene rings is 1. The van der Waals surface area contributed by atoms with Crippen molar-refractivity contribution < 1.29 is 19.6 Å². The van der Waals surface area contributed by atoms with Crippen LogP contribution in [-0.2, 0) is 11.3 Å². The van der Waals surface area contributed by atoms with Crippen LogP contribution in [0.4, 0.5) is 11.4 Å².